The fourth-order valence-corrected chi connectivity index (χ4v) is 3.50. The molecule has 2 heterocycles. The molecule has 0 aromatic carbocycles. The summed E-state index contributed by atoms with van der Waals surface area (Å²) >= 11 is 0. The van der Waals surface area contributed by atoms with Gasteiger partial charge in [0.2, 0.25) is 11.8 Å². The Kier molecular flexibility index (Phi) is 2.92. The molecule has 0 radical (unpaired) electrons. The van der Waals surface area contributed by atoms with Gasteiger partial charge in [-0.25, -0.2) is 4.98 Å². The van der Waals surface area contributed by atoms with E-state index < -0.39 is 0 Å². The summed E-state index contributed by atoms with van der Waals surface area (Å²) in [5.74, 6) is 1.02. The van der Waals surface area contributed by atoms with E-state index in [1.165, 1.54) is 4.90 Å². The number of amides is 2. The second-order valence-electron chi connectivity index (χ2n) is 5.66. The number of imidazole rings is 1. The van der Waals surface area contributed by atoms with Crippen LogP contribution >= 0.6 is 0 Å². The van der Waals surface area contributed by atoms with Crippen molar-refractivity contribution in [3.05, 3.63) is 18.2 Å². The number of H-pyrrole nitrogens is 1. The Morgan fingerprint density at radius 2 is 2.00 bits per heavy atom. The molecular weight excluding hydrogens is 242 g/mol. The third kappa shape index (κ3) is 1.79. The number of aromatic amines is 1. The maximum Gasteiger partial charge on any atom is 0.233 e. The van der Waals surface area contributed by atoms with Gasteiger partial charge in [0.05, 0.1) is 17.9 Å². The van der Waals surface area contributed by atoms with E-state index in [-0.39, 0.29) is 29.7 Å². The highest BCUT2D eigenvalue weighted by molar-refractivity contribution is 6.05. The predicted molar refractivity (Wildman–Crippen MR) is 68.9 cm³/mol. The molecule has 3 unspecified atom stereocenters. The van der Waals surface area contributed by atoms with Crippen molar-refractivity contribution in [1.29, 1.82) is 0 Å². The first-order valence-electron chi connectivity index (χ1n) is 6.99. The highest BCUT2D eigenvalue weighted by atomic mass is 16.2. The average molecular weight is 261 g/mol. The Morgan fingerprint density at radius 3 is 2.47 bits per heavy atom. The van der Waals surface area contributed by atoms with Gasteiger partial charge in [-0.3, -0.25) is 14.5 Å². The summed E-state index contributed by atoms with van der Waals surface area (Å²) in [5.41, 5.74) is 0. The van der Waals surface area contributed by atoms with Gasteiger partial charge in [0, 0.05) is 12.4 Å². The lowest BCUT2D eigenvalue weighted by atomic mass is 10.00. The van der Waals surface area contributed by atoms with Crippen LogP contribution in [0.3, 0.4) is 0 Å². The molecule has 2 aliphatic rings. The van der Waals surface area contributed by atoms with Crippen LogP contribution in [0.4, 0.5) is 0 Å². The molecular formula is C14H19N3O2. The lowest BCUT2D eigenvalue weighted by Gasteiger charge is -2.23. The van der Waals surface area contributed by atoms with Crippen LogP contribution in [-0.2, 0) is 9.59 Å². The number of nitrogens with zero attached hydrogens (tertiary/aromatic N) is 2. The third-order valence-electron chi connectivity index (χ3n) is 4.65. The van der Waals surface area contributed by atoms with Gasteiger partial charge in [0.15, 0.2) is 0 Å². The number of likely N-dealkylation sites (tertiary alicyclic amines) is 1. The topological polar surface area (TPSA) is 66.1 Å². The normalized spacial score (nSPS) is 31.9. The van der Waals surface area contributed by atoms with Gasteiger partial charge in [-0.1, -0.05) is 13.3 Å². The first-order chi connectivity index (χ1) is 9.13. The summed E-state index contributed by atoms with van der Waals surface area (Å²) in [6, 6.07) is -0.291. The molecule has 1 aromatic heterocycles. The molecule has 0 bridgehead atoms. The Balaban J connectivity index is 1.83. The van der Waals surface area contributed by atoms with E-state index in [0.29, 0.717) is 11.7 Å². The molecule has 3 rings (SSSR count). The van der Waals surface area contributed by atoms with Crippen LogP contribution in [0.25, 0.3) is 0 Å². The molecule has 1 aromatic rings. The molecule has 1 saturated carbocycles. The monoisotopic (exact) mass is 261 g/mol. The number of hydrogen-bond acceptors (Lipinski definition) is 3. The van der Waals surface area contributed by atoms with E-state index in [2.05, 4.69) is 16.9 Å². The van der Waals surface area contributed by atoms with E-state index in [4.69, 9.17) is 0 Å². The van der Waals surface area contributed by atoms with Crippen molar-refractivity contribution in [1.82, 2.24) is 14.9 Å². The van der Waals surface area contributed by atoms with Crippen molar-refractivity contribution >= 4 is 11.8 Å². The zero-order valence-corrected chi connectivity index (χ0v) is 11.3. The van der Waals surface area contributed by atoms with Crippen molar-refractivity contribution < 1.29 is 9.59 Å². The number of carbonyl (C=O) groups is 2. The minimum atomic E-state index is -0.291. The molecule has 5 heteroatoms. The molecule has 5 nitrogen and oxygen atoms in total. The fourth-order valence-electron chi connectivity index (χ4n) is 3.50. The van der Waals surface area contributed by atoms with Crippen LogP contribution in [0, 0.1) is 17.8 Å². The quantitative estimate of drug-likeness (QED) is 0.845. The summed E-state index contributed by atoms with van der Waals surface area (Å²) < 4.78 is 0. The maximum absolute atomic E-state index is 12.5. The molecule has 2 fully saturated rings. The number of fused-ring (bicyclic) bond motifs is 1. The number of rotatable bonds is 3. The molecule has 3 atom stereocenters. The summed E-state index contributed by atoms with van der Waals surface area (Å²) in [5, 5.41) is 0. The smallest absolute Gasteiger partial charge is 0.233 e. The van der Waals surface area contributed by atoms with Crippen LogP contribution in [-0.4, -0.2) is 26.7 Å². The first-order valence-corrected chi connectivity index (χ1v) is 6.99. The molecule has 2 amide bonds. The average Bonchev–Trinajstić information content (AvgIpc) is 3.10. The fraction of sp³-hybridized carbons (Fsp3) is 0.643. The van der Waals surface area contributed by atoms with Crippen molar-refractivity contribution in [2.75, 3.05) is 0 Å². The second kappa shape index (κ2) is 4.47. The van der Waals surface area contributed by atoms with Crippen LogP contribution < -0.4 is 0 Å². The zero-order chi connectivity index (χ0) is 13.6. The summed E-state index contributed by atoms with van der Waals surface area (Å²) in [4.78, 5) is 33.5. The van der Waals surface area contributed by atoms with E-state index in [1.54, 1.807) is 12.4 Å². The highest BCUT2D eigenvalue weighted by Gasteiger charge is 2.53. The lowest BCUT2D eigenvalue weighted by molar-refractivity contribution is -0.143. The molecule has 1 aliphatic carbocycles. The van der Waals surface area contributed by atoms with Gasteiger partial charge in [-0.15, -0.1) is 0 Å². The second-order valence-corrected chi connectivity index (χ2v) is 5.66. The number of imide groups is 1. The van der Waals surface area contributed by atoms with E-state index in [1.807, 2.05) is 6.92 Å². The van der Waals surface area contributed by atoms with Gasteiger partial charge in [0.1, 0.15) is 5.82 Å². The van der Waals surface area contributed by atoms with Crippen LogP contribution in [0.1, 0.15) is 45.0 Å². The van der Waals surface area contributed by atoms with E-state index in [0.717, 1.165) is 19.3 Å². The number of nitrogens with one attached hydrogen (secondary N) is 1. The van der Waals surface area contributed by atoms with Crippen LogP contribution in [0.5, 0.6) is 0 Å². The lowest BCUT2D eigenvalue weighted by Crippen LogP contribution is -2.35. The summed E-state index contributed by atoms with van der Waals surface area (Å²) in [6.07, 6.45) is 6.15. The molecule has 1 aliphatic heterocycles. The van der Waals surface area contributed by atoms with Crippen molar-refractivity contribution in [3.63, 3.8) is 0 Å². The molecule has 1 N–H and O–H groups in total. The van der Waals surface area contributed by atoms with Crippen molar-refractivity contribution in [2.24, 2.45) is 17.8 Å². The van der Waals surface area contributed by atoms with Gasteiger partial charge < -0.3 is 4.98 Å². The van der Waals surface area contributed by atoms with Crippen LogP contribution in [0.2, 0.25) is 0 Å². The minimum absolute atomic E-state index is 0.00477. The Hall–Kier alpha value is -1.65. The maximum atomic E-state index is 12.5. The van der Waals surface area contributed by atoms with Gasteiger partial charge in [-0.2, -0.15) is 0 Å². The SMILES string of the molecule is CCC1CC2C(=O)N(C(C)c3ncc[nH]3)C(=O)C2C1. The standard InChI is InChI=1S/C14H19N3O2/c1-3-9-6-10-11(7-9)14(19)17(13(10)18)8(2)12-15-4-5-16-12/h4-5,8-11H,3,6-7H2,1-2H3,(H,15,16). The molecule has 19 heavy (non-hydrogen) atoms. The van der Waals surface area contributed by atoms with E-state index >= 15 is 0 Å². The predicted octanol–water partition coefficient (Wildman–Crippen LogP) is 1.89. The van der Waals surface area contributed by atoms with Gasteiger partial charge >= 0.3 is 0 Å². The number of hydrogen-bond donors (Lipinski definition) is 1. The molecule has 0 spiro atoms. The summed E-state index contributed by atoms with van der Waals surface area (Å²) in [6.45, 7) is 3.98. The van der Waals surface area contributed by atoms with Crippen molar-refractivity contribution in [2.45, 2.75) is 39.2 Å². The Morgan fingerprint density at radius 1 is 1.37 bits per heavy atom. The van der Waals surface area contributed by atoms with Crippen LogP contribution in [0.15, 0.2) is 12.4 Å². The first kappa shape index (κ1) is 12.4. The molecule has 102 valence electrons. The minimum Gasteiger partial charge on any atom is -0.347 e. The largest absolute Gasteiger partial charge is 0.347 e. The van der Waals surface area contributed by atoms with Crippen molar-refractivity contribution in [3.8, 4) is 0 Å². The Bertz CT molecular complexity index is 473. The molecule has 1 saturated heterocycles. The Labute approximate surface area is 112 Å². The summed E-state index contributed by atoms with van der Waals surface area (Å²) in [7, 11) is 0. The van der Waals surface area contributed by atoms with Gasteiger partial charge in [0.25, 0.3) is 0 Å². The number of aromatic nitrogens is 2. The number of carbonyl (C=O) groups excluding carboxylic acids is 2. The highest BCUT2D eigenvalue weighted by Crippen LogP contribution is 2.46. The zero-order valence-electron chi connectivity index (χ0n) is 11.3. The van der Waals surface area contributed by atoms with Gasteiger partial charge in [-0.05, 0) is 25.7 Å². The van der Waals surface area contributed by atoms with E-state index in [9.17, 15) is 9.59 Å². The third-order valence-corrected chi connectivity index (χ3v) is 4.65.